The molecule has 0 bridgehead atoms. The van der Waals surface area contributed by atoms with Crippen LogP contribution in [0.1, 0.15) is 54.4 Å². The predicted molar refractivity (Wildman–Crippen MR) is 109 cm³/mol. The summed E-state index contributed by atoms with van der Waals surface area (Å²) in [5.74, 6) is -0.214. The van der Waals surface area contributed by atoms with E-state index < -0.39 is 34.9 Å². The number of hydrogen-bond donors (Lipinski definition) is 0. The highest BCUT2D eigenvalue weighted by Crippen LogP contribution is 2.39. The number of aldehydes is 1. The summed E-state index contributed by atoms with van der Waals surface area (Å²) in [5, 5.41) is -0.00389. The smallest absolute Gasteiger partial charge is 0.306 e. The van der Waals surface area contributed by atoms with Crippen LogP contribution in [0.2, 0.25) is 36.3 Å². The van der Waals surface area contributed by atoms with Crippen molar-refractivity contribution in [1.29, 1.82) is 0 Å². The fourth-order valence-electron chi connectivity index (χ4n) is 3.11. The molecule has 152 valence electrons. The van der Waals surface area contributed by atoms with Gasteiger partial charge in [-0.1, -0.05) is 41.5 Å². The van der Waals surface area contributed by atoms with Crippen LogP contribution >= 0.6 is 0 Å². The van der Waals surface area contributed by atoms with Gasteiger partial charge in [0.25, 0.3) is 0 Å². The normalized spacial score (nSPS) is 21.4. The fourth-order valence-corrected chi connectivity index (χ4v) is 7.20. The van der Waals surface area contributed by atoms with E-state index in [0.717, 1.165) is 24.4 Å². The lowest BCUT2D eigenvalue weighted by atomic mass is 10.1. The Balaban J connectivity index is 3.16. The first-order valence-electron chi connectivity index (χ1n) is 9.95. The molecule has 0 amide bonds. The third-order valence-corrected chi connectivity index (χ3v) is 15.4. The van der Waals surface area contributed by atoms with Crippen LogP contribution in [0.4, 0.5) is 0 Å². The van der Waals surface area contributed by atoms with Crippen LogP contribution in [0.15, 0.2) is 0 Å². The molecule has 0 spiro atoms. The lowest BCUT2D eigenvalue weighted by Crippen LogP contribution is -2.55. The number of rotatable bonds is 10. The van der Waals surface area contributed by atoms with Crippen molar-refractivity contribution in [2.75, 3.05) is 0 Å². The summed E-state index contributed by atoms with van der Waals surface area (Å²) in [6.45, 7) is 17.2. The highest BCUT2D eigenvalue weighted by molar-refractivity contribution is 6.74. The highest BCUT2D eigenvalue weighted by Gasteiger charge is 2.47. The molecule has 3 atom stereocenters. The Kier molecular flexibility index (Phi) is 8.26. The topological polar surface area (TPSA) is 61.8 Å². The Morgan fingerprint density at radius 3 is 2.04 bits per heavy atom. The van der Waals surface area contributed by atoms with Gasteiger partial charge in [0, 0.05) is 6.42 Å². The number of esters is 1. The molecule has 0 aliphatic carbocycles. The van der Waals surface area contributed by atoms with Crippen LogP contribution in [-0.2, 0) is 23.2 Å². The Hall–Kier alpha value is -0.506. The van der Waals surface area contributed by atoms with Crippen molar-refractivity contribution in [3.05, 3.63) is 0 Å². The van der Waals surface area contributed by atoms with Gasteiger partial charge in [-0.3, -0.25) is 4.79 Å². The average molecular weight is 403 g/mol. The van der Waals surface area contributed by atoms with E-state index in [0.29, 0.717) is 12.8 Å². The summed E-state index contributed by atoms with van der Waals surface area (Å²) in [7, 11) is -4.15. The number of cyclic esters (lactones) is 1. The number of carbonyl (C=O) groups is 2. The first-order chi connectivity index (χ1) is 11.9. The quantitative estimate of drug-likeness (QED) is 0.302. The van der Waals surface area contributed by atoms with Crippen molar-refractivity contribution >= 4 is 28.9 Å². The molecule has 0 N–H and O–H groups in total. The first-order valence-corrected chi connectivity index (χ1v) is 15.4. The summed E-state index contributed by atoms with van der Waals surface area (Å²) >= 11 is 0. The molecule has 1 heterocycles. The molecule has 0 aromatic heterocycles. The lowest BCUT2D eigenvalue weighted by Gasteiger charge is -2.43. The third-order valence-electron chi connectivity index (χ3n) is 6.30. The summed E-state index contributed by atoms with van der Waals surface area (Å²) in [6.07, 6.45) is 0.246. The van der Waals surface area contributed by atoms with Crippen molar-refractivity contribution in [1.82, 2.24) is 0 Å². The molecule has 0 radical (unpaired) electrons. The largest absolute Gasteiger partial charge is 0.460 e. The molecule has 5 nitrogen and oxygen atoms in total. The Labute approximate surface area is 161 Å². The van der Waals surface area contributed by atoms with E-state index in [1.807, 2.05) is 0 Å². The van der Waals surface area contributed by atoms with Gasteiger partial charge < -0.3 is 18.4 Å². The zero-order valence-electron chi connectivity index (χ0n) is 17.9. The molecule has 1 aliphatic rings. The van der Waals surface area contributed by atoms with Gasteiger partial charge in [-0.25, -0.2) is 0 Å². The zero-order chi connectivity index (χ0) is 20.2. The first kappa shape index (κ1) is 23.5. The van der Waals surface area contributed by atoms with E-state index in [1.165, 1.54) is 0 Å². The maximum Gasteiger partial charge on any atom is 0.306 e. The van der Waals surface area contributed by atoms with Gasteiger partial charge in [-0.15, -0.1) is 0 Å². The van der Waals surface area contributed by atoms with Gasteiger partial charge in [0.05, 0.1) is 0 Å². The standard InChI is InChI=1S/C19H38O5Si2/c1-9-26(10-2,11-3)23-16(14-20)18(15-12-13-17(21)22-15)24-25(7,8)19(4,5)6/h14-16,18H,9-13H2,1-8H3/t15-,16-,18+/m1/s1. The van der Waals surface area contributed by atoms with Gasteiger partial charge >= 0.3 is 5.97 Å². The molecule has 1 fully saturated rings. The van der Waals surface area contributed by atoms with Crippen LogP contribution in [0.25, 0.3) is 0 Å². The fraction of sp³-hybridized carbons (Fsp3) is 0.895. The van der Waals surface area contributed by atoms with Crippen molar-refractivity contribution in [2.24, 2.45) is 0 Å². The third kappa shape index (κ3) is 5.50. The van der Waals surface area contributed by atoms with Crippen LogP contribution < -0.4 is 0 Å². The lowest BCUT2D eigenvalue weighted by molar-refractivity contribution is -0.149. The van der Waals surface area contributed by atoms with Crippen LogP contribution in [0.5, 0.6) is 0 Å². The molecule has 1 saturated heterocycles. The maximum atomic E-state index is 12.0. The van der Waals surface area contributed by atoms with Crippen LogP contribution in [0.3, 0.4) is 0 Å². The van der Waals surface area contributed by atoms with Crippen molar-refractivity contribution < 1.29 is 23.2 Å². The molecule has 1 aliphatic heterocycles. The summed E-state index contributed by atoms with van der Waals surface area (Å²) in [6, 6.07) is 2.88. The molecule has 7 heteroatoms. The maximum absolute atomic E-state index is 12.0. The summed E-state index contributed by atoms with van der Waals surface area (Å²) < 4.78 is 18.6. The minimum absolute atomic E-state index is 0.00389. The SMILES string of the molecule is CC[Si](CC)(CC)O[C@H](C=O)[C@@H](O[Si](C)(C)C(C)(C)C)[C@H]1CCC(=O)O1. The van der Waals surface area contributed by atoms with E-state index in [2.05, 4.69) is 54.6 Å². The second kappa shape index (κ2) is 9.12. The molecule has 0 aromatic carbocycles. The predicted octanol–water partition coefficient (Wildman–Crippen LogP) is 4.67. The minimum atomic E-state index is -2.16. The van der Waals surface area contributed by atoms with Crippen LogP contribution in [-0.4, -0.2) is 47.2 Å². The Bertz CT molecular complexity index is 475. The second-order valence-electron chi connectivity index (χ2n) is 8.87. The second-order valence-corrected chi connectivity index (χ2v) is 18.4. The van der Waals surface area contributed by atoms with Gasteiger partial charge in [-0.05, 0) is 42.7 Å². The molecule has 0 saturated carbocycles. The molecular formula is C19H38O5Si2. The van der Waals surface area contributed by atoms with Gasteiger partial charge in [0.15, 0.2) is 16.6 Å². The van der Waals surface area contributed by atoms with E-state index >= 15 is 0 Å². The molecule has 26 heavy (non-hydrogen) atoms. The van der Waals surface area contributed by atoms with Crippen molar-refractivity contribution in [2.45, 2.75) is 109 Å². The van der Waals surface area contributed by atoms with E-state index in [-0.39, 0.29) is 11.0 Å². The Morgan fingerprint density at radius 2 is 1.69 bits per heavy atom. The van der Waals surface area contributed by atoms with E-state index in [4.69, 9.17) is 13.6 Å². The zero-order valence-corrected chi connectivity index (χ0v) is 19.9. The molecule has 1 rings (SSSR count). The summed E-state index contributed by atoms with van der Waals surface area (Å²) in [4.78, 5) is 23.7. The van der Waals surface area contributed by atoms with Gasteiger partial charge in [0.2, 0.25) is 0 Å². The van der Waals surface area contributed by atoms with E-state index in [9.17, 15) is 9.59 Å². The number of hydrogen-bond acceptors (Lipinski definition) is 5. The monoisotopic (exact) mass is 402 g/mol. The highest BCUT2D eigenvalue weighted by atomic mass is 28.4. The van der Waals surface area contributed by atoms with Crippen molar-refractivity contribution in [3.8, 4) is 0 Å². The van der Waals surface area contributed by atoms with Crippen molar-refractivity contribution in [3.63, 3.8) is 0 Å². The van der Waals surface area contributed by atoms with Crippen LogP contribution in [0, 0.1) is 0 Å². The molecular weight excluding hydrogens is 364 g/mol. The number of ether oxygens (including phenoxy) is 1. The Morgan fingerprint density at radius 1 is 1.15 bits per heavy atom. The minimum Gasteiger partial charge on any atom is -0.460 e. The molecule has 0 aromatic rings. The van der Waals surface area contributed by atoms with Gasteiger partial charge in [-0.2, -0.15) is 0 Å². The summed E-state index contributed by atoms with van der Waals surface area (Å²) in [5.41, 5.74) is 0. The number of carbonyl (C=O) groups excluding carboxylic acids is 2. The van der Waals surface area contributed by atoms with E-state index in [1.54, 1.807) is 0 Å². The molecule has 0 unspecified atom stereocenters. The average Bonchev–Trinajstić information content (AvgIpc) is 3.00. The van der Waals surface area contributed by atoms with Gasteiger partial charge in [0.1, 0.15) is 24.6 Å².